The zero-order chi connectivity index (χ0) is 25.3. The molecule has 11 heteroatoms. The smallest absolute Gasteiger partial charge is 0.351 e. The molecule has 0 radical (unpaired) electrons. The van der Waals surface area contributed by atoms with E-state index in [2.05, 4.69) is 4.98 Å². The molecule has 0 spiro atoms. The van der Waals surface area contributed by atoms with Crippen LogP contribution < -0.4 is 20.8 Å². The van der Waals surface area contributed by atoms with Gasteiger partial charge in [0.25, 0.3) is 5.95 Å². The van der Waals surface area contributed by atoms with E-state index in [-0.39, 0.29) is 23.1 Å². The molecule has 5 heterocycles. The molecule has 0 aliphatic carbocycles. The Labute approximate surface area is 203 Å². The van der Waals surface area contributed by atoms with Gasteiger partial charge in [-0.05, 0) is 31.1 Å². The number of benzene rings is 1. The molecule has 0 unspecified atom stereocenters. The van der Waals surface area contributed by atoms with Gasteiger partial charge in [-0.3, -0.25) is 0 Å². The van der Waals surface area contributed by atoms with Gasteiger partial charge in [-0.1, -0.05) is 18.2 Å². The lowest BCUT2D eigenvalue weighted by Gasteiger charge is -2.39. The van der Waals surface area contributed by atoms with Crippen LogP contribution >= 0.6 is 0 Å². The van der Waals surface area contributed by atoms with E-state index >= 15 is 0 Å². The summed E-state index contributed by atoms with van der Waals surface area (Å²) in [6, 6.07) is 7.60. The van der Waals surface area contributed by atoms with Crippen molar-refractivity contribution in [1.82, 2.24) is 9.88 Å². The molecule has 11 nitrogen and oxygen atoms in total. The summed E-state index contributed by atoms with van der Waals surface area (Å²) in [5, 5.41) is 52.5. The summed E-state index contributed by atoms with van der Waals surface area (Å²) in [6.45, 7) is 1.51. The first-order chi connectivity index (χ1) is 17.3. The fourth-order valence-electron chi connectivity index (χ4n) is 5.40. The number of nitrogens with one attached hydrogen (secondary N) is 1. The number of ether oxygens (including phenoxy) is 2. The minimum Gasteiger partial charge on any atom is -0.494 e. The van der Waals surface area contributed by atoms with Gasteiger partial charge < -0.3 is 49.3 Å². The average molecular weight is 498 g/mol. The van der Waals surface area contributed by atoms with Crippen molar-refractivity contribution in [3.8, 4) is 5.95 Å². The highest BCUT2D eigenvalue weighted by atomic mass is 16.7. The Kier molecular flexibility index (Phi) is 5.36. The van der Waals surface area contributed by atoms with Gasteiger partial charge in [0.15, 0.2) is 0 Å². The number of hydrogen-bond donors (Lipinski definition) is 6. The summed E-state index contributed by atoms with van der Waals surface area (Å²) in [6.07, 6.45) is -5.03. The Morgan fingerprint density at radius 1 is 1.17 bits per heavy atom. The number of nitrogens with zero attached hydrogens (tertiary/aromatic N) is 1. The molecule has 0 bridgehead atoms. The van der Waals surface area contributed by atoms with Crippen LogP contribution in [-0.2, 0) is 11.2 Å². The Bertz CT molecular complexity index is 1520. The van der Waals surface area contributed by atoms with Crippen LogP contribution in [0.1, 0.15) is 22.9 Å². The lowest BCUT2D eigenvalue weighted by Crippen LogP contribution is -2.60. The van der Waals surface area contributed by atoms with E-state index in [1.165, 1.54) is 0 Å². The number of H-pyrrole nitrogens is 1. The minimum atomic E-state index is -1.67. The van der Waals surface area contributed by atoms with Gasteiger partial charge in [0.1, 0.15) is 29.6 Å². The summed E-state index contributed by atoms with van der Waals surface area (Å²) in [5.74, 6) is -0.466. The second-order valence-electron chi connectivity index (χ2n) is 9.35. The molecular formula is C25H26N2O9. The number of fused-ring (bicyclic) bond motifs is 6. The maximum atomic E-state index is 13.0. The van der Waals surface area contributed by atoms with Crippen LogP contribution in [0.15, 0.2) is 33.5 Å². The minimum absolute atomic E-state index is 0.00413. The molecule has 0 amide bonds. The number of aliphatic hydroxyl groups excluding tert-OH is 5. The number of para-hydroxylation sites is 1. The number of rotatable bonds is 3. The third-order valence-electron chi connectivity index (χ3n) is 7.34. The quantitative estimate of drug-likeness (QED) is 0.253. The summed E-state index contributed by atoms with van der Waals surface area (Å²) < 4.78 is 16.4. The second-order valence-corrected chi connectivity index (χ2v) is 9.35. The first-order valence-corrected chi connectivity index (χ1v) is 11.7. The maximum Gasteiger partial charge on any atom is 0.351 e. The molecule has 3 aliphatic rings. The first-order valence-electron chi connectivity index (χ1n) is 11.7. The van der Waals surface area contributed by atoms with Gasteiger partial charge >= 0.3 is 5.63 Å². The third-order valence-corrected chi connectivity index (χ3v) is 7.34. The van der Waals surface area contributed by atoms with E-state index in [4.69, 9.17) is 13.9 Å². The molecule has 3 aromatic rings. The molecule has 1 saturated heterocycles. The van der Waals surface area contributed by atoms with Crippen molar-refractivity contribution >= 4 is 22.9 Å². The molecule has 6 rings (SSSR count). The van der Waals surface area contributed by atoms with E-state index in [0.717, 1.165) is 22.2 Å². The van der Waals surface area contributed by atoms with Crippen molar-refractivity contribution in [2.45, 2.75) is 50.1 Å². The molecule has 6 atom stereocenters. The number of hydrogen-bond acceptors (Lipinski definition) is 10. The standard InChI is InChI=1S/C25H26N2O9/c1-10-13-8-15-18-12(11-4-2-3-5-14(11)26-18)6-7-27(15)22(32)17(13)23(33)35-24(10)36-25-21(31)20(30)19(29)16(9-28)34-25/h2-5,8,15-16,19-21,25-26,28-32H,6-7,9H2,1H3/t15-,16+,19+,20-,21+,25-/m0/s1. The summed E-state index contributed by atoms with van der Waals surface area (Å²) in [7, 11) is 0. The van der Waals surface area contributed by atoms with Crippen LogP contribution in [0.25, 0.3) is 22.9 Å². The fourth-order valence-corrected chi connectivity index (χ4v) is 5.40. The molecule has 190 valence electrons. The van der Waals surface area contributed by atoms with Crippen molar-refractivity contribution in [2.75, 3.05) is 13.2 Å². The van der Waals surface area contributed by atoms with Gasteiger partial charge in [-0.25, -0.2) is 4.79 Å². The van der Waals surface area contributed by atoms with Crippen LogP contribution in [0.3, 0.4) is 0 Å². The molecule has 3 aliphatic heterocycles. The van der Waals surface area contributed by atoms with Crippen molar-refractivity contribution in [2.24, 2.45) is 0 Å². The zero-order valence-corrected chi connectivity index (χ0v) is 19.3. The van der Waals surface area contributed by atoms with E-state index in [0.29, 0.717) is 23.7 Å². The lowest BCUT2D eigenvalue weighted by atomic mass is 9.94. The van der Waals surface area contributed by atoms with Crippen molar-refractivity contribution in [1.29, 1.82) is 0 Å². The predicted molar refractivity (Wildman–Crippen MR) is 125 cm³/mol. The third kappa shape index (κ3) is 3.28. The largest absolute Gasteiger partial charge is 0.494 e. The molecule has 1 fully saturated rings. The van der Waals surface area contributed by atoms with E-state index in [1.54, 1.807) is 11.8 Å². The molecule has 36 heavy (non-hydrogen) atoms. The number of aromatic nitrogens is 1. The summed E-state index contributed by atoms with van der Waals surface area (Å²) in [4.78, 5) is 18.1. The van der Waals surface area contributed by atoms with Gasteiger partial charge in [0, 0.05) is 33.9 Å². The SMILES string of the molecule is Cc1c(O[C@@H]2O[C@H](CO)[C@@H](O)[C@H](O)[C@H]2O)oc(=O)c2c1=C[C@H]1c3[nH]c4ccccc4c3CCN1C=2O. The van der Waals surface area contributed by atoms with Crippen molar-refractivity contribution < 1.29 is 39.4 Å². The lowest BCUT2D eigenvalue weighted by molar-refractivity contribution is -0.280. The molecule has 2 aromatic heterocycles. The first kappa shape index (κ1) is 23.1. The van der Waals surface area contributed by atoms with Gasteiger partial charge in [0.05, 0.1) is 12.6 Å². The van der Waals surface area contributed by atoms with Crippen molar-refractivity contribution in [3.63, 3.8) is 0 Å². The zero-order valence-electron chi connectivity index (χ0n) is 19.3. The van der Waals surface area contributed by atoms with Gasteiger partial charge in [0.2, 0.25) is 12.2 Å². The Balaban J connectivity index is 1.45. The Morgan fingerprint density at radius 2 is 1.94 bits per heavy atom. The Morgan fingerprint density at radius 3 is 2.72 bits per heavy atom. The van der Waals surface area contributed by atoms with Crippen molar-refractivity contribution in [3.05, 3.63) is 61.9 Å². The van der Waals surface area contributed by atoms with Gasteiger partial charge in [-0.15, -0.1) is 0 Å². The molecular weight excluding hydrogens is 472 g/mol. The molecule has 6 N–H and O–H groups in total. The van der Waals surface area contributed by atoms with E-state index in [9.17, 15) is 30.3 Å². The normalized spacial score (nSPS) is 29.4. The fraction of sp³-hybridized carbons (Fsp3) is 0.400. The highest BCUT2D eigenvalue weighted by Gasteiger charge is 2.45. The highest BCUT2D eigenvalue weighted by Crippen LogP contribution is 2.37. The summed E-state index contributed by atoms with van der Waals surface area (Å²) in [5.41, 5.74) is 2.58. The van der Waals surface area contributed by atoms with Crippen LogP contribution in [0.5, 0.6) is 5.95 Å². The van der Waals surface area contributed by atoms with Crippen LogP contribution in [0, 0.1) is 6.92 Å². The maximum absolute atomic E-state index is 13.0. The van der Waals surface area contributed by atoms with E-state index < -0.39 is 42.9 Å². The second kappa shape index (κ2) is 8.36. The van der Waals surface area contributed by atoms with Crippen LogP contribution in [0.4, 0.5) is 0 Å². The number of aromatic amines is 1. The Hall–Kier alpha value is -3.35. The average Bonchev–Trinajstić information content (AvgIpc) is 3.26. The monoisotopic (exact) mass is 498 g/mol. The van der Waals surface area contributed by atoms with Crippen LogP contribution in [0.2, 0.25) is 0 Å². The van der Waals surface area contributed by atoms with Crippen LogP contribution in [-0.4, -0.2) is 79.3 Å². The predicted octanol–water partition coefficient (Wildman–Crippen LogP) is -1.37. The topological polar surface area (TPSA) is 169 Å². The van der Waals surface area contributed by atoms with Gasteiger partial charge in [-0.2, -0.15) is 0 Å². The number of aliphatic hydroxyl groups is 5. The molecule has 1 aromatic carbocycles. The molecule has 0 saturated carbocycles. The highest BCUT2D eigenvalue weighted by molar-refractivity contribution is 5.85. The van der Waals surface area contributed by atoms with E-state index in [1.807, 2.05) is 30.3 Å². The summed E-state index contributed by atoms with van der Waals surface area (Å²) >= 11 is 0.